The van der Waals surface area contributed by atoms with Crippen LogP contribution in [0.25, 0.3) is 0 Å². The van der Waals surface area contributed by atoms with Crippen LogP contribution in [0, 0.1) is 0 Å². The molecule has 0 aliphatic rings. The number of methoxy groups -OCH3 is 1. The second-order valence-electron chi connectivity index (χ2n) is 4.00. The number of ether oxygens (including phenoxy) is 1. The van der Waals surface area contributed by atoms with Crippen LogP contribution in [0.1, 0.15) is 45.3 Å². The van der Waals surface area contributed by atoms with Crippen LogP contribution in [0.2, 0.25) is 0 Å². The molecule has 0 fully saturated rings. The Kier molecular flexibility index (Phi) is 4.18. The Hall–Kier alpha value is -1.23. The third kappa shape index (κ3) is 2.88. The van der Waals surface area contributed by atoms with Gasteiger partial charge in [-0.3, -0.25) is 0 Å². The van der Waals surface area contributed by atoms with E-state index < -0.39 is 5.60 Å². The summed E-state index contributed by atoms with van der Waals surface area (Å²) in [5.41, 5.74) is -0.516. The Balaban J connectivity index is 2.74. The van der Waals surface area contributed by atoms with E-state index in [1.807, 2.05) is 13.8 Å². The topological polar surface area (TPSA) is 65.2 Å². The van der Waals surface area contributed by atoms with Crippen molar-refractivity contribution in [3.63, 3.8) is 0 Å². The second-order valence-corrected chi connectivity index (χ2v) is 4.00. The lowest BCUT2D eigenvalue weighted by molar-refractivity contribution is -0.117. The van der Waals surface area contributed by atoms with Crippen molar-refractivity contribution in [2.45, 2.75) is 45.6 Å². The first-order valence-corrected chi connectivity index (χ1v) is 5.39. The van der Waals surface area contributed by atoms with E-state index >= 15 is 0 Å². The number of hydrogen-bond acceptors (Lipinski definition) is 5. The molecule has 1 rings (SSSR count). The zero-order valence-corrected chi connectivity index (χ0v) is 10.2. The Morgan fingerprint density at radius 2 is 2.25 bits per heavy atom. The van der Waals surface area contributed by atoms with Gasteiger partial charge in [0.1, 0.15) is 11.4 Å². The Bertz CT molecular complexity index is 356. The van der Waals surface area contributed by atoms with Crippen LogP contribution in [0.3, 0.4) is 0 Å². The fraction of sp³-hybridized carbons (Fsp3) is 0.727. The maximum atomic E-state index is 10.8. The highest BCUT2D eigenvalue weighted by Gasteiger charge is 2.29. The summed E-state index contributed by atoms with van der Waals surface area (Å²) >= 11 is 0. The number of carbonyl (C=O) groups is 1. The summed E-state index contributed by atoms with van der Waals surface area (Å²) in [6.07, 6.45) is 1.68. The summed E-state index contributed by atoms with van der Waals surface area (Å²) in [5.74, 6) is 1.14. The van der Waals surface area contributed by atoms with Crippen molar-refractivity contribution in [3.8, 4) is 0 Å². The summed E-state index contributed by atoms with van der Waals surface area (Å²) in [5, 5.41) is 3.89. The van der Waals surface area contributed by atoms with Gasteiger partial charge in [-0.1, -0.05) is 12.1 Å². The van der Waals surface area contributed by atoms with Gasteiger partial charge in [0.15, 0.2) is 0 Å². The molecule has 1 aromatic rings. The minimum absolute atomic E-state index is 0.116. The molecule has 0 saturated heterocycles. The van der Waals surface area contributed by atoms with Crippen LogP contribution < -0.4 is 0 Å². The molecule has 0 N–H and O–H groups in total. The van der Waals surface area contributed by atoms with E-state index in [0.29, 0.717) is 24.6 Å². The fourth-order valence-corrected chi connectivity index (χ4v) is 1.25. The lowest BCUT2D eigenvalue weighted by Gasteiger charge is -2.21. The van der Waals surface area contributed by atoms with Gasteiger partial charge < -0.3 is 14.1 Å². The molecule has 1 aromatic heterocycles. The van der Waals surface area contributed by atoms with Crippen molar-refractivity contribution in [3.05, 3.63) is 11.7 Å². The second kappa shape index (κ2) is 5.21. The normalized spacial score (nSPS) is 14.8. The highest BCUT2D eigenvalue weighted by Crippen LogP contribution is 2.25. The minimum Gasteiger partial charge on any atom is -0.370 e. The number of carbonyl (C=O) groups excluding carboxylic acids is 1. The first-order chi connectivity index (χ1) is 7.51. The van der Waals surface area contributed by atoms with Crippen LogP contribution in [0.4, 0.5) is 0 Å². The molecular formula is C11H18N2O3. The van der Waals surface area contributed by atoms with Crippen LogP contribution >= 0.6 is 0 Å². The number of hydrogen-bond donors (Lipinski definition) is 0. The van der Waals surface area contributed by atoms with Crippen molar-refractivity contribution in [2.24, 2.45) is 0 Å². The van der Waals surface area contributed by atoms with Gasteiger partial charge in [-0.05, 0) is 20.3 Å². The maximum Gasteiger partial charge on any atom is 0.227 e. The van der Waals surface area contributed by atoms with E-state index in [9.17, 15) is 4.79 Å². The summed E-state index contributed by atoms with van der Waals surface area (Å²) in [4.78, 5) is 15.1. The van der Waals surface area contributed by atoms with Gasteiger partial charge in [0.05, 0.1) is 0 Å². The average molecular weight is 226 g/mol. The van der Waals surface area contributed by atoms with E-state index in [2.05, 4.69) is 10.1 Å². The molecule has 1 heterocycles. The van der Waals surface area contributed by atoms with Crippen molar-refractivity contribution >= 4 is 5.78 Å². The maximum absolute atomic E-state index is 10.8. The van der Waals surface area contributed by atoms with Crippen LogP contribution in [0.15, 0.2) is 4.52 Å². The van der Waals surface area contributed by atoms with Crippen molar-refractivity contribution in [2.75, 3.05) is 7.11 Å². The average Bonchev–Trinajstić information content (AvgIpc) is 2.74. The van der Waals surface area contributed by atoms with Crippen molar-refractivity contribution < 1.29 is 14.1 Å². The van der Waals surface area contributed by atoms with E-state index in [0.717, 1.165) is 6.42 Å². The summed E-state index contributed by atoms with van der Waals surface area (Å²) in [6.45, 7) is 5.45. The molecule has 0 amide bonds. The monoisotopic (exact) mass is 226 g/mol. The highest BCUT2D eigenvalue weighted by atomic mass is 16.5. The van der Waals surface area contributed by atoms with Gasteiger partial charge in [0.2, 0.25) is 11.7 Å². The predicted molar refractivity (Wildman–Crippen MR) is 58.0 cm³/mol. The number of ketones is 1. The number of aromatic nitrogens is 2. The molecule has 1 unspecified atom stereocenters. The van der Waals surface area contributed by atoms with Gasteiger partial charge in [-0.15, -0.1) is 0 Å². The van der Waals surface area contributed by atoms with Gasteiger partial charge in [-0.25, -0.2) is 0 Å². The summed E-state index contributed by atoms with van der Waals surface area (Å²) < 4.78 is 10.4. The van der Waals surface area contributed by atoms with E-state index in [4.69, 9.17) is 9.26 Å². The number of aryl methyl sites for hydroxylation is 1. The van der Waals surface area contributed by atoms with Gasteiger partial charge >= 0.3 is 0 Å². The highest BCUT2D eigenvalue weighted by molar-refractivity contribution is 5.75. The third-order valence-electron chi connectivity index (χ3n) is 2.76. The molecule has 5 heteroatoms. The predicted octanol–water partition coefficient (Wildman–Crippen LogP) is 1.86. The Morgan fingerprint density at radius 1 is 1.56 bits per heavy atom. The molecule has 0 aliphatic carbocycles. The molecule has 16 heavy (non-hydrogen) atoms. The Morgan fingerprint density at radius 3 is 2.75 bits per heavy atom. The van der Waals surface area contributed by atoms with E-state index in [-0.39, 0.29) is 5.78 Å². The number of Topliss-reactive ketones (excluding diaryl/α,β-unsaturated/α-hetero) is 1. The molecule has 0 spiro atoms. The summed E-state index contributed by atoms with van der Waals surface area (Å²) in [6, 6.07) is 0. The molecule has 0 radical (unpaired) electrons. The largest absolute Gasteiger partial charge is 0.370 e. The third-order valence-corrected chi connectivity index (χ3v) is 2.76. The van der Waals surface area contributed by atoms with Crippen LogP contribution in [-0.4, -0.2) is 23.0 Å². The molecular weight excluding hydrogens is 208 g/mol. The Labute approximate surface area is 95.2 Å². The van der Waals surface area contributed by atoms with Gasteiger partial charge in [0.25, 0.3) is 0 Å². The molecule has 0 bridgehead atoms. The van der Waals surface area contributed by atoms with Gasteiger partial charge in [0, 0.05) is 20.0 Å². The molecule has 90 valence electrons. The van der Waals surface area contributed by atoms with Crippen molar-refractivity contribution in [1.82, 2.24) is 10.1 Å². The number of rotatable bonds is 6. The molecule has 0 aliphatic heterocycles. The molecule has 0 aromatic carbocycles. The smallest absolute Gasteiger partial charge is 0.227 e. The van der Waals surface area contributed by atoms with Gasteiger partial charge in [-0.2, -0.15) is 4.98 Å². The first kappa shape index (κ1) is 12.8. The zero-order chi connectivity index (χ0) is 12.2. The first-order valence-electron chi connectivity index (χ1n) is 5.39. The molecule has 1 atom stereocenters. The lowest BCUT2D eigenvalue weighted by atomic mass is 10.0. The number of nitrogens with zero attached hydrogens (tertiary/aromatic N) is 2. The minimum atomic E-state index is -0.516. The van der Waals surface area contributed by atoms with Crippen molar-refractivity contribution in [1.29, 1.82) is 0 Å². The van der Waals surface area contributed by atoms with E-state index in [1.165, 1.54) is 0 Å². The van der Waals surface area contributed by atoms with E-state index in [1.54, 1.807) is 14.0 Å². The molecule has 0 saturated carbocycles. The van der Waals surface area contributed by atoms with Crippen LogP contribution in [-0.2, 0) is 21.6 Å². The quantitative estimate of drug-likeness (QED) is 0.740. The SMILES string of the molecule is CCC(C)(OC)c1noc(CCC(C)=O)n1. The standard InChI is InChI=1S/C11H18N2O3/c1-5-11(3,15-4)10-12-9(16-13-10)7-6-8(2)14/h5-7H2,1-4H3. The fourth-order valence-electron chi connectivity index (χ4n) is 1.25. The summed E-state index contributed by atoms with van der Waals surface area (Å²) in [7, 11) is 1.62. The lowest BCUT2D eigenvalue weighted by Crippen LogP contribution is -2.24. The molecule has 5 nitrogen and oxygen atoms in total. The van der Waals surface area contributed by atoms with Crippen LogP contribution in [0.5, 0.6) is 0 Å². The zero-order valence-electron chi connectivity index (χ0n) is 10.2.